The van der Waals surface area contributed by atoms with Gasteiger partial charge in [-0.3, -0.25) is 4.90 Å². The van der Waals surface area contributed by atoms with Gasteiger partial charge in [0.1, 0.15) is 5.76 Å². The maximum atomic E-state index is 5.80. The largest absolute Gasteiger partial charge is 0.468 e. The first-order valence-electron chi connectivity index (χ1n) is 5.53. The van der Waals surface area contributed by atoms with Crippen molar-refractivity contribution in [2.75, 3.05) is 13.6 Å². The summed E-state index contributed by atoms with van der Waals surface area (Å²) in [7, 11) is 2.10. The van der Waals surface area contributed by atoms with Gasteiger partial charge < -0.3 is 10.2 Å². The normalized spacial score (nSPS) is 15.9. The highest BCUT2D eigenvalue weighted by Gasteiger charge is 2.23. The van der Waals surface area contributed by atoms with Crippen LogP contribution in [0.1, 0.15) is 32.6 Å². The lowest BCUT2D eigenvalue weighted by Crippen LogP contribution is -2.39. The molecule has 1 aromatic heterocycles. The average molecular weight is 210 g/mol. The Hall–Kier alpha value is -0.800. The van der Waals surface area contributed by atoms with Gasteiger partial charge in [0.05, 0.1) is 12.3 Å². The number of likely N-dealkylation sites (N-methyl/N-ethyl adjacent to an activating group) is 1. The Morgan fingerprint density at radius 3 is 2.47 bits per heavy atom. The zero-order valence-corrected chi connectivity index (χ0v) is 10.1. The Balaban J connectivity index is 2.75. The van der Waals surface area contributed by atoms with Crippen LogP contribution in [0.25, 0.3) is 0 Å². The molecule has 0 spiro atoms. The van der Waals surface area contributed by atoms with Crippen LogP contribution in [-0.2, 0) is 0 Å². The standard InChI is InChI=1S/C12H22N2O/c1-9(2)10(3)14(4)11(8-13)12-6-5-7-15-12/h5-7,9-11H,8,13H2,1-4H3. The van der Waals surface area contributed by atoms with Crippen molar-refractivity contribution in [1.82, 2.24) is 4.90 Å². The lowest BCUT2D eigenvalue weighted by Gasteiger charge is -2.33. The van der Waals surface area contributed by atoms with Crippen molar-refractivity contribution in [2.45, 2.75) is 32.9 Å². The summed E-state index contributed by atoms with van der Waals surface area (Å²) >= 11 is 0. The van der Waals surface area contributed by atoms with E-state index in [-0.39, 0.29) is 6.04 Å². The predicted molar refractivity (Wildman–Crippen MR) is 62.6 cm³/mol. The fraction of sp³-hybridized carbons (Fsp3) is 0.667. The first kappa shape index (κ1) is 12.3. The summed E-state index contributed by atoms with van der Waals surface area (Å²) in [5, 5.41) is 0. The minimum Gasteiger partial charge on any atom is -0.468 e. The lowest BCUT2D eigenvalue weighted by molar-refractivity contribution is 0.136. The van der Waals surface area contributed by atoms with Crippen LogP contribution in [0.3, 0.4) is 0 Å². The molecule has 0 aliphatic heterocycles. The molecular formula is C12H22N2O. The maximum Gasteiger partial charge on any atom is 0.122 e. The van der Waals surface area contributed by atoms with Crippen LogP contribution < -0.4 is 5.73 Å². The first-order valence-corrected chi connectivity index (χ1v) is 5.53. The summed E-state index contributed by atoms with van der Waals surface area (Å²) in [6.45, 7) is 7.24. The van der Waals surface area contributed by atoms with Gasteiger partial charge >= 0.3 is 0 Å². The highest BCUT2D eigenvalue weighted by Crippen LogP contribution is 2.23. The zero-order valence-electron chi connectivity index (χ0n) is 10.1. The summed E-state index contributed by atoms with van der Waals surface area (Å²) in [5.74, 6) is 1.56. The Bertz CT molecular complexity index is 269. The molecular weight excluding hydrogens is 188 g/mol. The minimum atomic E-state index is 0.178. The van der Waals surface area contributed by atoms with E-state index in [2.05, 4.69) is 32.7 Å². The summed E-state index contributed by atoms with van der Waals surface area (Å²) in [4.78, 5) is 2.28. The molecule has 3 heteroatoms. The van der Waals surface area contributed by atoms with E-state index >= 15 is 0 Å². The van der Waals surface area contributed by atoms with Crippen molar-refractivity contribution in [3.63, 3.8) is 0 Å². The molecule has 2 unspecified atom stereocenters. The first-order chi connectivity index (χ1) is 7.07. The maximum absolute atomic E-state index is 5.80. The van der Waals surface area contributed by atoms with Crippen molar-refractivity contribution in [2.24, 2.45) is 11.7 Å². The molecule has 2 N–H and O–H groups in total. The highest BCUT2D eigenvalue weighted by atomic mass is 16.3. The minimum absolute atomic E-state index is 0.178. The smallest absolute Gasteiger partial charge is 0.122 e. The summed E-state index contributed by atoms with van der Waals surface area (Å²) in [6.07, 6.45) is 1.70. The van der Waals surface area contributed by atoms with Crippen LogP contribution in [0.15, 0.2) is 22.8 Å². The third-order valence-electron chi connectivity index (χ3n) is 3.19. The number of furan rings is 1. The van der Waals surface area contributed by atoms with Crippen LogP contribution in [0.2, 0.25) is 0 Å². The molecule has 0 saturated heterocycles. The van der Waals surface area contributed by atoms with E-state index in [1.807, 2.05) is 12.1 Å². The molecule has 3 nitrogen and oxygen atoms in total. The fourth-order valence-electron chi connectivity index (χ4n) is 1.72. The number of nitrogens with two attached hydrogens (primary N) is 1. The van der Waals surface area contributed by atoms with Gasteiger partial charge in [0.25, 0.3) is 0 Å². The van der Waals surface area contributed by atoms with Crippen molar-refractivity contribution >= 4 is 0 Å². The molecule has 0 fully saturated rings. The Kier molecular flexibility index (Phi) is 4.36. The molecule has 0 aliphatic rings. The highest BCUT2D eigenvalue weighted by molar-refractivity contribution is 5.05. The van der Waals surface area contributed by atoms with Gasteiger partial charge in [0, 0.05) is 12.6 Å². The second-order valence-corrected chi connectivity index (χ2v) is 4.42. The van der Waals surface area contributed by atoms with E-state index in [1.54, 1.807) is 6.26 Å². The van der Waals surface area contributed by atoms with Crippen molar-refractivity contribution in [3.8, 4) is 0 Å². The SMILES string of the molecule is CC(C)C(C)N(C)C(CN)c1ccco1. The van der Waals surface area contributed by atoms with E-state index < -0.39 is 0 Å². The molecule has 0 saturated carbocycles. The van der Waals surface area contributed by atoms with Crippen LogP contribution >= 0.6 is 0 Å². The lowest BCUT2D eigenvalue weighted by atomic mass is 10.0. The van der Waals surface area contributed by atoms with E-state index in [1.165, 1.54) is 0 Å². The molecule has 0 bridgehead atoms. The van der Waals surface area contributed by atoms with Gasteiger partial charge in [0.2, 0.25) is 0 Å². The predicted octanol–water partition coefficient (Wildman–Crippen LogP) is 2.26. The Morgan fingerprint density at radius 1 is 1.40 bits per heavy atom. The number of nitrogens with zero attached hydrogens (tertiary/aromatic N) is 1. The van der Waals surface area contributed by atoms with E-state index in [4.69, 9.17) is 10.2 Å². The van der Waals surface area contributed by atoms with E-state index in [0.29, 0.717) is 18.5 Å². The molecule has 1 rings (SSSR count). The van der Waals surface area contributed by atoms with Crippen LogP contribution in [0.5, 0.6) is 0 Å². The number of hydrogen-bond acceptors (Lipinski definition) is 3. The molecule has 0 radical (unpaired) electrons. The molecule has 86 valence electrons. The van der Waals surface area contributed by atoms with Crippen LogP contribution in [-0.4, -0.2) is 24.5 Å². The van der Waals surface area contributed by atoms with Crippen molar-refractivity contribution in [3.05, 3.63) is 24.2 Å². The van der Waals surface area contributed by atoms with Gasteiger partial charge in [-0.1, -0.05) is 13.8 Å². The fourth-order valence-corrected chi connectivity index (χ4v) is 1.72. The molecule has 0 aliphatic carbocycles. The number of rotatable bonds is 5. The quantitative estimate of drug-likeness (QED) is 0.810. The van der Waals surface area contributed by atoms with E-state index in [0.717, 1.165) is 5.76 Å². The van der Waals surface area contributed by atoms with Gasteiger partial charge in [-0.25, -0.2) is 0 Å². The second kappa shape index (κ2) is 5.33. The molecule has 0 aromatic carbocycles. The molecule has 1 aromatic rings. The summed E-state index contributed by atoms with van der Waals surface area (Å²) in [6, 6.07) is 4.56. The van der Waals surface area contributed by atoms with Gasteiger partial charge in [-0.15, -0.1) is 0 Å². The van der Waals surface area contributed by atoms with Crippen molar-refractivity contribution in [1.29, 1.82) is 0 Å². The van der Waals surface area contributed by atoms with Gasteiger partial charge in [-0.2, -0.15) is 0 Å². The molecule has 2 atom stereocenters. The Morgan fingerprint density at radius 2 is 2.07 bits per heavy atom. The van der Waals surface area contributed by atoms with Crippen molar-refractivity contribution < 1.29 is 4.42 Å². The van der Waals surface area contributed by atoms with Gasteiger partial charge in [-0.05, 0) is 32.0 Å². The van der Waals surface area contributed by atoms with Gasteiger partial charge in [0.15, 0.2) is 0 Å². The van der Waals surface area contributed by atoms with Crippen LogP contribution in [0, 0.1) is 5.92 Å². The Labute approximate surface area is 92.2 Å². The summed E-state index contributed by atoms with van der Waals surface area (Å²) in [5.41, 5.74) is 5.80. The number of hydrogen-bond donors (Lipinski definition) is 1. The van der Waals surface area contributed by atoms with Crippen LogP contribution in [0.4, 0.5) is 0 Å². The van der Waals surface area contributed by atoms with E-state index in [9.17, 15) is 0 Å². The summed E-state index contributed by atoms with van der Waals surface area (Å²) < 4.78 is 5.42. The topological polar surface area (TPSA) is 42.4 Å². The monoisotopic (exact) mass is 210 g/mol. The zero-order chi connectivity index (χ0) is 11.4. The molecule has 15 heavy (non-hydrogen) atoms. The average Bonchev–Trinajstić information content (AvgIpc) is 2.70. The second-order valence-electron chi connectivity index (χ2n) is 4.42. The third-order valence-corrected chi connectivity index (χ3v) is 3.19. The third kappa shape index (κ3) is 2.83. The molecule has 0 amide bonds. The molecule has 1 heterocycles.